The zero-order valence-electron chi connectivity index (χ0n) is 12.7. The Morgan fingerprint density at radius 2 is 2.10 bits per heavy atom. The van der Waals surface area contributed by atoms with Gasteiger partial charge in [-0.05, 0) is 37.3 Å². The van der Waals surface area contributed by atoms with Gasteiger partial charge >= 0.3 is 12.0 Å². The van der Waals surface area contributed by atoms with E-state index in [1.807, 2.05) is 6.92 Å². The molecule has 2 N–H and O–H groups in total. The Balaban J connectivity index is 2.09. The summed E-state index contributed by atoms with van der Waals surface area (Å²) in [6.07, 6.45) is 1.00. The number of anilines is 1. The molecule has 1 fully saturated rings. The van der Waals surface area contributed by atoms with Crippen LogP contribution in [-0.2, 0) is 0 Å². The summed E-state index contributed by atoms with van der Waals surface area (Å²) in [6, 6.07) is 4.79. The highest BCUT2D eigenvalue weighted by molar-refractivity contribution is 6.00. The van der Waals surface area contributed by atoms with Gasteiger partial charge in [0.25, 0.3) is 0 Å². The van der Waals surface area contributed by atoms with E-state index in [4.69, 9.17) is 0 Å². The number of rotatable bonds is 3. The van der Waals surface area contributed by atoms with Gasteiger partial charge < -0.3 is 15.3 Å². The van der Waals surface area contributed by atoms with E-state index in [2.05, 4.69) is 19.2 Å². The minimum atomic E-state index is -1.03. The van der Waals surface area contributed by atoms with Crippen molar-refractivity contribution in [3.05, 3.63) is 29.3 Å². The molecule has 2 amide bonds. The van der Waals surface area contributed by atoms with Crippen molar-refractivity contribution < 1.29 is 14.7 Å². The maximum absolute atomic E-state index is 12.3. The summed E-state index contributed by atoms with van der Waals surface area (Å²) in [5.41, 5.74) is 1.33. The number of amides is 2. The number of hydrogen-bond donors (Lipinski definition) is 2. The number of aryl methyl sites for hydroxylation is 1. The summed E-state index contributed by atoms with van der Waals surface area (Å²) in [5.74, 6) is 0.0416. The monoisotopic (exact) mass is 290 g/mol. The fourth-order valence-electron chi connectivity index (χ4n) is 2.65. The molecule has 2 rings (SSSR count). The van der Waals surface area contributed by atoms with Crippen molar-refractivity contribution in [2.24, 2.45) is 11.8 Å². The molecule has 1 aliphatic heterocycles. The lowest BCUT2D eigenvalue weighted by molar-refractivity contribution is 0.0698. The molecule has 0 saturated carbocycles. The van der Waals surface area contributed by atoms with Crippen LogP contribution in [0.1, 0.15) is 36.2 Å². The number of nitrogens with one attached hydrogen (secondary N) is 1. The summed E-state index contributed by atoms with van der Waals surface area (Å²) in [7, 11) is 0. The van der Waals surface area contributed by atoms with E-state index in [1.165, 1.54) is 0 Å². The maximum atomic E-state index is 12.3. The zero-order valence-corrected chi connectivity index (χ0v) is 12.7. The normalized spacial score (nSPS) is 18.1. The fraction of sp³-hybridized carbons (Fsp3) is 0.500. The molecule has 21 heavy (non-hydrogen) atoms. The molecule has 0 aliphatic carbocycles. The van der Waals surface area contributed by atoms with Crippen molar-refractivity contribution in [2.75, 3.05) is 18.4 Å². The molecule has 5 nitrogen and oxygen atoms in total. The Morgan fingerprint density at radius 3 is 2.67 bits per heavy atom. The van der Waals surface area contributed by atoms with Crippen LogP contribution in [0.5, 0.6) is 0 Å². The van der Waals surface area contributed by atoms with Crippen LogP contribution in [-0.4, -0.2) is 35.1 Å². The minimum Gasteiger partial charge on any atom is -0.478 e. The third-order valence-corrected chi connectivity index (χ3v) is 4.10. The maximum Gasteiger partial charge on any atom is 0.337 e. The first-order valence-corrected chi connectivity index (χ1v) is 7.28. The molecule has 1 aliphatic rings. The Kier molecular flexibility index (Phi) is 4.50. The van der Waals surface area contributed by atoms with E-state index in [9.17, 15) is 14.7 Å². The molecule has 1 atom stereocenters. The molecule has 114 valence electrons. The second-order valence-electron chi connectivity index (χ2n) is 6.02. The van der Waals surface area contributed by atoms with Crippen LogP contribution >= 0.6 is 0 Å². The largest absolute Gasteiger partial charge is 0.478 e. The summed E-state index contributed by atoms with van der Waals surface area (Å²) < 4.78 is 0. The highest BCUT2D eigenvalue weighted by atomic mass is 16.4. The van der Waals surface area contributed by atoms with Crippen LogP contribution in [0.3, 0.4) is 0 Å². The third-order valence-electron chi connectivity index (χ3n) is 4.10. The summed E-state index contributed by atoms with van der Waals surface area (Å²) >= 11 is 0. The van der Waals surface area contributed by atoms with E-state index in [0.717, 1.165) is 25.1 Å². The van der Waals surface area contributed by atoms with Gasteiger partial charge in [0.1, 0.15) is 0 Å². The lowest BCUT2D eigenvalue weighted by atomic mass is 9.95. The van der Waals surface area contributed by atoms with Crippen molar-refractivity contribution in [1.29, 1.82) is 0 Å². The number of benzene rings is 1. The molecule has 0 radical (unpaired) electrons. The molecule has 0 bridgehead atoms. The first-order chi connectivity index (χ1) is 9.88. The highest BCUT2D eigenvalue weighted by Gasteiger charge is 2.28. The number of aromatic carboxylic acids is 1. The molecule has 1 aromatic carbocycles. The average molecular weight is 290 g/mol. The lowest BCUT2D eigenvalue weighted by Crippen LogP contribution is -2.33. The van der Waals surface area contributed by atoms with Gasteiger partial charge in [0, 0.05) is 13.1 Å². The van der Waals surface area contributed by atoms with Crippen LogP contribution in [0.25, 0.3) is 0 Å². The SMILES string of the molecule is Cc1ccc(NC(=O)N2CCC(C(C)C)C2)c(C(=O)O)c1. The molecule has 5 heteroatoms. The van der Waals surface area contributed by atoms with E-state index < -0.39 is 5.97 Å². The van der Waals surface area contributed by atoms with Crippen molar-refractivity contribution in [1.82, 2.24) is 4.90 Å². The van der Waals surface area contributed by atoms with Gasteiger partial charge in [-0.2, -0.15) is 0 Å². The van der Waals surface area contributed by atoms with Gasteiger partial charge in [0.05, 0.1) is 11.3 Å². The predicted octanol–water partition coefficient (Wildman–Crippen LogP) is 3.20. The van der Waals surface area contributed by atoms with Gasteiger partial charge in [-0.1, -0.05) is 25.5 Å². The Bertz CT molecular complexity index is 554. The molecule has 1 unspecified atom stereocenters. The molecular weight excluding hydrogens is 268 g/mol. The van der Waals surface area contributed by atoms with E-state index >= 15 is 0 Å². The third kappa shape index (κ3) is 3.54. The number of carbonyl (C=O) groups is 2. The van der Waals surface area contributed by atoms with E-state index in [1.54, 1.807) is 23.1 Å². The molecule has 1 heterocycles. The number of carboxylic acids is 1. The predicted molar refractivity (Wildman–Crippen MR) is 81.7 cm³/mol. The van der Waals surface area contributed by atoms with Crippen LogP contribution in [0, 0.1) is 18.8 Å². The first kappa shape index (κ1) is 15.4. The van der Waals surface area contributed by atoms with Crippen LogP contribution in [0.15, 0.2) is 18.2 Å². The van der Waals surface area contributed by atoms with E-state index in [-0.39, 0.29) is 11.6 Å². The summed E-state index contributed by atoms with van der Waals surface area (Å²) in [6.45, 7) is 7.61. The zero-order chi connectivity index (χ0) is 15.6. The number of hydrogen-bond acceptors (Lipinski definition) is 2. The number of urea groups is 1. The number of carbonyl (C=O) groups excluding carboxylic acids is 1. The average Bonchev–Trinajstić information content (AvgIpc) is 2.90. The first-order valence-electron chi connectivity index (χ1n) is 7.28. The molecule has 0 spiro atoms. The molecular formula is C16H22N2O3. The van der Waals surface area contributed by atoms with Gasteiger partial charge in [-0.3, -0.25) is 0 Å². The van der Waals surface area contributed by atoms with Crippen molar-refractivity contribution in [3.8, 4) is 0 Å². The van der Waals surface area contributed by atoms with Crippen molar-refractivity contribution in [3.63, 3.8) is 0 Å². The number of nitrogens with zero attached hydrogens (tertiary/aromatic N) is 1. The van der Waals surface area contributed by atoms with Crippen molar-refractivity contribution in [2.45, 2.75) is 27.2 Å². The molecule has 1 saturated heterocycles. The Hall–Kier alpha value is -2.04. The van der Waals surface area contributed by atoms with Crippen molar-refractivity contribution >= 4 is 17.7 Å². The van der Waals surface area contributed by atoms with Crippen LogP contribution < -0.4 is 5.32 Å². The van der Waals surface area contributed by atoms with Crippen LogP contribution in [0.4, 0.5) is 10.5 Å². The highest BCUT2D eigenvalue weighted by Crippen LogP contribution is 2.25. The summed E-state index contributed by atoms with van der Waals surface area (Å²) in [5, 5.41) is 11.9. The number of likely N-dealkylation sites (tertiary alicyclic amines) is 1. The Morgan fingerprint density at radius 1 is 1.38 bits per heavy atom. The fourth-order valence-corrected chi connectivity index (χ4v) is 2.65. The lowest BCUT2D eigenvalue weighted by Gasteiger charge is -2.19. The van der Waals surface area contributed by atoms with Gasteiger partial charge in [-0.25, -0.2) is 9.59 Å². The number of carboxylic acid groups (broad SMARTS) is 1. The van der Waals surface area contributed by atoms with Gasteiger partial charge in [0.2, 0.25) is 0 Å². The van der Waals surface area contributed by atoms with Crippen LogP contribution in [0.2, 0.25) is 0 Å². The topological polar surface area (TPSA) is 69.6 Å². The van der Waals surface area contributed by atoms with Gasteiger partial charge in [-0.15, -0.1) is 0 Å². The summed E-state index contributed by atoms with van der Waals surface area (Å²) in [4.78, 5) is 25.3. The standard InChI is InChI=1S/C16H22N2O3/c1-10(2)12-6-7-18(9-12)16(21)17-14-5-4-11(3)8-13(14)15(19)20/h4-5,8,10,12H,6-7,9H2,1-3H3,(H,17,21)(H,19,20). The second kappa shape index (κ2) is 6.16. The minimum absolute atomic E-state index is 0.128. The molecule has 0 aromatic heterocycles. The van der Waals surface area contributed by atoms with E-state index in [0.29, 0.717) is 17.5 Å². The smallest absolute Gasteiger partial charge is 0.337 e. The second-order valence-corrected chi connectivity index (χ2v) is 6.02. The quantitative estimate of drug-likeness (QED) is 0.898. The molecule has 1 aromatic rings. The van der Waals surface area contributed by atoms with Gasteiger partial charge in [0.15, 0.2) is 0 Å². The Labute approximate surface area is 125 Å².